The second kappa shape index (κ2) is 8.09. The third-order valence-electron chi connectivity index (χ3n) is 4.00. The van der Waals surface area contributed by atoms with Crippen molar-refractivity contribution < 1.29 is 9.32 Å². The number of piperazine rings is 1. The Morgan fingerprint density at radius 3 is 2.67 bits per heavy atom. The molecule has 3 rings (SSSR count). The smallest absolute Gasteiger partial charge is 0.238 e. The van der Waals surface area contributed by atoms with Gasteiger partial charge in [0.25, 0.3) is 0 Å². The van der Waals surface area contributed by atoms with Gasteiger partial charge in [0.1, 0.15) is 0 Å². The Balaban J connectivity index is 1.42. The number of benzene rings is 1. The second-order valence-electron chi connectivity index (χ2n) is 6.05. The van der Waals surface area contributed by atoms with Crippen LogP contribution in [-0.2, 0) is 11.3 Å². The van der Waals surface area contributed by atoms with Crippen molar-refractivity contribution in [2.45, 2.75) is 13.5 Å². The molecule has 0 atom stereocenters. The highest BCUT2D eigenvalue weighted by Crippen LogP contribution is 2.13. The first-order chi connectivity index (χ1) is 11.6. The van der Waals surface area contributed by atoms with Crippen LogP contribution >= 0.6 is 22.6 Å². The van der Waals surface area contributed by atoms with Gasteiger partial charge in [0.05, 0.1) is 18.8 Å². The normalized spacial score (nSPS) is 16.2. The summed E-state index contributed by atoms with van der Waals surface area (Å²) in [6.45, 7) is 6.76. The van der Waals surface area contributed by atoms with Gasteiger partial charge in [-0.2, -0.15) is 0 Å². The van der Waals surface area contributed by atoms with Crippen LogP contribution in [0, 0.1) is 10.5 Å². The van der Waals surface area contributed by atoms with E-state index in [-0.39, 0.29) is 5.91 Å². The molecule has 1 aliphatic heterocycles. The SMILES string of the molecule is Cc1cc(CN2CCN(CC(=O)Nc3cccc(I)c3)CC2)on1. The van der Waals surface area contributed by atoms with Gasteiger partial charge in [-0.25, -0.2) is 0 Å². The molecule has 0 bridgehead atoms. The Morgan fingerprint density at radius 2 is 2.00 bits per heavy atom. The van der Waals surface area contributed by atoms with Crippen molar-refractivity contribution in [3.63, 3.8) is 0 Å². The number of halogens is 1. The van der Waals surface area contributed by atoms with E-state index in [0.29, 0.717) is 6.54 Å². The van der Waals surface area contributed by atoms with Gasteiger partial charge in [0.2, 0.25) is 5.91 Å². The van der Waals surface area contributed by atoms with E-state index in [4.69, 9.17) is 4.52 Å². The van der Waals surface area contributed by atoms with E-state index in [1.165, 1.54) is 0 Å². The second-order valence-corrected chi connectivity index (χ2v) is 7.29. The van der Waals surface area contributed by atoms with Crippen LogP contribution in [0.5, 0.6) is 0 Å². The lowest BCUT2D eigenvalue weighted by Crippen LogP contribution is -2.48. The molecule has 6 nitrogen and oxygen atoms in total. The van der Waals surface area contributed by atoms with E-state index in [2.05, 4.69) is 42.9 Å². The fourth-order valence-corrected chi connectivity index (χ4v) is 3.33. The Labute approximate surface area is 155 Å². The van der Waals surface area contributed by atoms with E-state index in [1.54, 1.807) is 0 Å². The quantitative estimate of drug-likeness (QED) is 0.724. The Hall–Kier alpha value is -1.45. The van der Waals surface area contributed by atoms with Gasteiger partial charge < -0.3 is 9.84 Å². The molecular weight excluding hydrogens is 419 g/mol. The van der Waals surface area contributed by atoms with Crippen LogP contribution in [-0.4, -0.2) is 53.6 Å². The van der Waals surface area contributed by atoms with Crippen molar-refractivity contribution in [2.75, 3.05) is 38.0 Å². The molecule has 2 aromatic rings. The summed E-state index contributed by atoms with van der Waals surface area (Å²) in [6, 6.07) is 9.81. The lowest BCUT2D eigenvalue weighted by Gasteiger charge is -2.33. The molecule has 0 unspecified atom stereocenters. The van der Waals surface area contributed by atoms with Crippen molar-refractivity contribution in [3.05, 3.63) is 45.4 Å². The van der Waals surface area contributed by atoms with E-state index in [9.17, 15) is 4.79 Å². The number of amides is 1. The van der Waals surface area contributed by atoms with Crippen molar-refractivity contribution in [1.29, 1.82) is 0 Å². The first-order valence-electron chi connectivity index (χ1n) is 8.01. The molecule has 1 aromatic carbocycles. The van der Waals surface area contributed by atoms with Crippen LogP contribution in [0.4, 0.5) is 5.69 Å². The van der Waals surface area contributed by atoms with E-state index in [0.717, 1.165) is 53.4 Å². The third-order valence-corrected chi connectivity index (χ3v) is 4.67. The number of aromatic nitrogens is 1. The van der Waals surface area contributed by atoms with E-state index < -0.39 is 0 Å². The molecule has 1 amide bonds. The fraction of sp³-hybridized carbons (Fsp3) is 0.412. The predicted molar refractivity (Wildman–Crippen MR) is 101 cm³/mol. The molecular formula is C17H21IN4O2. The zero-order chi connectivity index (χ0) is 16.9. The number of hydrogen-bond donors (Lipinski definition) is 1. The number of nitrogens with zero attached hydrogens (tertiary/aromatic N) is 3. The van der Waals surface area contributed by atoms with Crippen LogP contribution in [0.2, 0.25) is 0 Å². The highest BCUT2D eigenvalue weighted by Gasteiger charge is 2.20. The molecule has 0 radical (unpaired) electrons. The fourth-order valence-electron chi connectivity index (χ4n) is 2.79. The van der Waals surface area contributed by atoms with Gasteiger partial charge in [-0.3, -0.25) is 14.6 Å². The number of aryl methyl sites for hydroxylation is 1. The van der Waals surface area contributed by atoms with Crippen LogP contribution in [0.25, 0.3) is 0 Å². The van der Waals surface area contributed by atoms with E-state index >= 15 is 0 Å². The average molecular weight is 440 g/mol. The van der Waals surface area contributed by atoms with Crippen LogP contribution < -0.4 is 5.32 Å². The summed E-state index contributed by atoms with van der Waals surface area (Å²) in [7, 11) is 0. The molecule has 1 saturated heterocycles. The Morgan fingerprint density at radius 1 is 1.25 bits per heavy atom. The number of nitrogens with one attached hydrogen (secondary N) is 1. The van der Waals surface area contributed by atoms with Gasteiger partial charge >= 0.3 is 0 Å². The molecule has 128 valence electrons. The van der Waals surface area contributed by atoms with Crippen LogP contribution in [0.1, 0.15) is 11.5 Å². The van der Waals surface area contributed by atoms with Crippen molar-refractivity contribution in [1.82, 2.24) is 15.0 Å². The van der Waals surface area contributed by atoms with Crippen LogP contribution in [0.15, 0.2) is 34.9 Å². The summed E-state index contributed by atoms with van der Waals surface area (Å²) in [5.41, 5.74) is 1.77. The summed E-state index contributed by atoms with van der Waals surface area (Å²) in [5, 5.41) is 6.88. The number of anilines is 1. The minimum absolute atomic E-state index is 0.0382. The van der Waals surface area contributed by atoms with Crippen molar-refractivity contribution in [3.8, 4) is 0 Å². The third kappa shape index (κ3) is 5.02. The number of carbonyl (C=O) groups excluding carboxylic acids is 1. The monoisotopic (exact) mass is 440 g/mol. The highest BCUT2D eigenvalue weighted by molar-refractivity contribution is 14.1. The maximum Gasteiger partial charge on any atom is 0.238 e. The molecule has 1 aromatic heterocycles. The number of rotatable bonds is 5. The minimum Gasteiger partial charge on any atom is -0.360 e. The first-order valence-corrected chi connectivity index (χ1v) is 9.09. The molecule has 1 N–H and O–H groups in total. The molecule has 0 saturated carbocycles. The maximum absolute atomic E-state index is 12.2. The minimum atomic E-state index is 0.0382. The highest BCUT2D eigenvalue weighted by atomic mass is 127. The van der Waals surface area contributed by atoms with Crippen LogP contribution in [0.3, 0.4) is 0 Å². The van der Waals surface area contributed by atoms with Crippen molar-refractivity contribution >= 4 is 34.2 Å². The van der Waals surface area contributed by atoms with Crippen molar-refractivity contribution in [2.24, 2.45) is 0 Å². The largest absolute Gasteiger partial charge is 0.360 e. The summed E-state index contributed by atoms with van der Waals surface area (Å²) in [4.78, 5) is 16.7. The van der Waals surface area contributed by atoms with Gasteiger partial charge in [-0.15, -0.1) is 0 Å². The summed E-state index contributed by atoms with van der Waals surface area (Å²) in [6.07, 6.45) is 0. The number of hydrogen-bond acceptors (Lipinski definition) is 5. The predicted octanol–water partition coefficient (Wildman–Crippen LogP) is 2.34. The van der Waals surface area contributed by atoms with Gasteiger partial charge in [-0.05, 0) is 47.7 Å². The molecule has 1 aliphatic rings. The molecule has 1 fully saturated rings. The lowest BCUT2D eigenvalue weighted by atomic mass is 10.2. The Kier molecular flexibility index (Phi) is 5.85. The molecule has 0 aliphatic carbocycles. The first kappa shape index (κ1) is 17.4. The maximum atomic E-state index is 12.2. The lowest BCUT2D eigenvalue weighted by molar-refractivity contribution is -0.117. The summed E-state index contributed by atoms with van der Waals surface area (Å²) < 4.78 is 6.38. The van der Waals surface area contributed by atoms with Gasteiger partial charge in [0, 0.05) is 41.5 Å². The topological polar surface area (TPSA) is 61.6 Å². The standard InChI is InChI=1S/C17H21IN4O2/c1-13-9-16(24-20-13)11-21-5-7-22(8-6-21)12-17(23)19-15-4-2-3-14(18)10-15/h2-4,9-10H,5-8,11-12H2,1H3,(H,19,23). The number of carbonyl (C=O) groups is 1. The zero-order valence-corrected chi connectivity index (χ0v) is 15.8. The van der Waals surface area contributed by atoms with E-state index in [1.807, 2.05) is 37.3 Å². The zero-order valence-electron chi connectivity index (χ0n) is 13.7. The molecule has 7 heteroatoms. The Bertz CT molecular complexity index is 695. The molecule has 2 heterocycles. The molecule has 24 heavy (non-hydrogen) atoms. The summed E-state index contributed by atoms with van der Waals surface area (Å²) in [5.74, 6) is 0.939. The van der Waals surface area contributed by atoms with Gasteiger partial charge in [-0.1, -0.05) is 11.2 Å². The summed E-state index contributed by atoms with van der Waals surface area (Å²) >= 11 is 2.24. The average Bonchev–Trinajstić information content (AvgIpc) is 2.94. The van der Waals surface area contributed by atoms with Gasteiger partial charge in [0.15, 0.2) is 5.76 Å². The molecule has 0 spiro atoms.